The van der Waals surface area contributed by atoms with Crippen LogP contribution >= 0.6 is 11.6 Å². The number of carbonyl (C=O) groups is 1. The highest BCUT2D eigenvalue weighted by Gasteiger charge is 2.26. The highest BCUT2D eigenvalue weighted by atomic mass is 35.5. The molecular formula is C30H25ClN4O3. The molecule has 5 rings (SSSR count). The second-order valence-electron chi connectivity index (χ2n) is 9.07. The van der Waals surface area contributed by atoms with Crippen molar-refractivity contribution in [2.45, 2.75) is 25.4 Å². The van der Waals surface area contributed by atoms with Crippen LogP contribution in [0.1, 0.15) is 34.6 Å². The molecule has 2 heterocycles. The van der Waals surface area contributed by atoms with E-state index in [2.05, 4.69) is 14.9 Å². The SMILES string of the molecule is O=C(C[C@@H](c1ccccc1Cl)c1cn(Cc2ccccc2)c2ccc([N+](=O)[O-])cc12)NCc1ccncc1. The minimum Gasteiger partial charge on any atom is -0.352 e. The summed E-state index contributed by atoms with van der Waals surface area (Å²) in [5.74, 6) is -0.566. The topological polar surface area (TPSA) is 90.1 Å². The van der Waals surface area contributed by atoms with E-state index in [4.69, 9.17) is 11.6 Å². The molecule has 0 bridgehead atoms. The average molecular weight is 525 g/mol. The van der Waals surface area contributed by atoms with Crippen molar-refractivity contribution >= 4 is 34.1 Å². The second-order valence-corrected chi connectivity index (χ2v) is 9.47. The van der Waals surface area contributed by atoms with Crippen molar-refractivity contribution in [2.75, 3.05) is 0 Å². The van der Waals surface area contributed by atoms with Crippen molar-refractivity contribution in [1.82, 2.24) is 14.9 Å². The van der Waals surface area contributed by atoms with Gasteiger partial charge >= 0.3 is 0 Å². The van der Waals surface area contributed by atoms with Gasteiger partial charge in [-0.3, -0.25) is 19.9 Å². The summed E-state index contributed by atoms with van der Waals surface area (Å²) < 4.78 is 2.07. The lowest BCUT2D eigenvalue weighted by Gasteiger charge is -2.18. The molecule has 0 aliphatic rings. The minimum absolute atomic E-state index is 0.00346. The lowest BCUT2D eigenvalue weighted by Crippen LogP contribution is -2.25. The number of fused-ring (bicyclic) bond motifs is 1. The first-order valence-corrected chi connectivity index (χ1v) is 12.6. The van der Waals surface area contributed by atoms with E-state index in [1.165, 1.54) is 6.07 Å². The van der Waals surface area contributed by atoms with Gasteiger partial charge in [-0.1, -0.05) is 60.1 Å². The first-order chi connectivity index (χ1) is 18.5. The van der Waals surface area contributed by atoms with E-state index in [-0.39, 0.29) is 18.0 Å². The molecule has 1 atom stereocenters. The van der Waals surface area contributed by atoms with E-state index in [0.717, 1.165) is 33.2 Å². The number of hydrogen-bond donors (Lipinski definition) is 1. The zero-order valence-electron chi connectivity index (χ0n) is 20.5. The van der Waals surface area contributed by atoms with Crippen LogP contribution in [0.4, 0.5) is 5.69 Å². The van der Waals surface area contributed by atoms with Crippen LogP contribution in [-0.4, -0.2) is 20.4 Å². The molecular weight excluding hydrogens is 500 g/mol. The first kappa shape index (κ1) is 25.2. The van der Waals surface area contributed by atoms with Gasteiger partial charge < -0.3 is 9.88 Å². The van der Waals surface area contributed by atoms with Gasteiger partial charge in [-0.15, -0.1) is 0 Å². The summed E-state index contributed by atoms with van der Waals surface area (Å²) in [6, 6.07) is 26.0. The lowest BCUT2D eigenvalue weighted by atomic mass is 9.87. The maximum atomic E-state index is 13.2. The summed E-state index contributed by atoms with van der Waals surface area (Å²) >= 11 is 6.64. The molecule has 2 aromatic heterocycles. The number of nitro benzene ring substituents is 1. The third kappa shape index (κ3) is 5.58. The molecule has 0 aliphatic heterocycles. The molecule has 0 fully saturated rings. The van der Waals surface area contributed by atoms with Crippen molar-refractivity contribution in [2.24, 2.45) is 0 Å². The largest absolute Gasteiger partial charge is 0.352 e. The Bertz CT molecular complexity index is 1590. The van der Waals surface area contributed by atoms with Crippen molar-refractivity contribution in [3.8, 4) is 0 Å². The Morgan fingerprint density at radius 1 is 0.947 bits per heavy atom. The van der Waals surface area contributed by atoms with Gasteiger partial charge in [0.1, 0.15) is 0 Å². The fraction of sp³-hybridized carbons (Fsp3) is 0.133. The number of carbonyl (C=O) groups excluding carboxylic acids is 1. The molecule has 3 aromatic carbocycles. The predicted octanol–water partition coefficient (Wildman–Crippen LogP) is 6.48. The van der Waals surface area contributed by atoms with Crippen LogP contribution in [0.2, 0.25) is 5.02 Å². The van der Waals surface area contributed by atoms with E-state index < -0.39 is 10.8 Å². The van der Waals surface area contributed by atoms with Gasteiger partial charge in [0.2, 0.25) is 5.91 Å². The maximum Gasteiger partial charge on any atom is 0.270 e. The minimum atomic E-state index is -0.414. The number of benzene rings is 3. The number of nitrogens with one attached hydrogen (secondary N) is 1. The fourth-order valence-corrected chi connectivity index (χ4v) is 4.99. The summed E-state index contributed by atoms with van der Waals surface area (Å²) in [5.41, 5.74) is 4.49. The van der Waals surface area contributed by atoms with Crippen LogP contribution in [-0.2, 0) is 17.9 Å². The summed E-state index contributed by atoms with van der Waals surface area (Å²) in [4.78, 5) is 28.5. The number of hydrogen-bond acceptors (Lipinski definition) is 4. The van der Waals surface area contributed by atoms with Crippen LogP contribution < -0.4 is 5.32 Å². The molecule has 0 saturated carbocycles. The molecule has 1 amide bonds. The molecule has 7 nitrogen and oxygen atoms in total. The normalized spacial score (nSPS) is 11.8. The summed E-state index contributed by atoms with van der Waals surface area (Å²) in [7, 11) is 0. The highest BCUT2D eigenvalue weighted by Crippen LogP contribution is 2.39. The molecule has 38 heavy (non-hydrogen) atoms. The van der Waals surface area contributed by atoms with Gasteiger partial charge in [0.25, 0.3) is 5.69 Å². The van der Waals surface area contributed by atoms with E-state index >= 15 is 0 Å². The molecule has 5 aromatic rings. The number of pyridine rings is 1. The molecule has 8 heteroatoms. The Morgan fingerprint density at radius 3 is 2.42 bits per heavy atom. The van der Waals surface area contributed by atoms with Crippen LogP contribution in [0.5, 0.6) is 0 Å². The second kappa shape index (κ2) is 11.3. The van der Waals surface area contributed by atoms with E-state index in [1.807, 2.05) is 66.9 Å². The first-order valence-electron chi connectivity index (χ1n) is 12.2. The van der Waals surface area contributed by atoms with Crippen LogP contribution in [0.3, 0.4) is 0 Å². The van der Waals surface area contributed by atoms with Gasteiger partial charge in [0.05, 0.1) is 4.92 Å². The van der Waals surface area contributed by atoms with Gasteiger partial charge in [-0.2, -0.15) is 0 Å². The number of rotatable bonds is 9. The van der Waals surface area contributed by atoms with E-state index in [0.29, 0.717) is 18.1 Å². The molecule has 0 unspecified atom stereocenters. The Labute approximate surface area is 224 Å². The Kier molecular flexibility index (Phi) is 7.47. The summed E-state index contributed by atoms with van der Waals surface area (Å²) in [6.07, 6.45) is 5.48. The lowest BCUT2D eigenvalue weighted by molar-refractivity contribution is -0.384. The molecule has 1 N–H and O–H groups in total. The zero-order chi connectivity index (χ0) is 26.5. The van der Waals surface area contributed by atoms with Crippen LogP contribution in [0.25, 0.3) is 10.9 Å². The third-order valence-electron chi connectivity index (χ3n) is 6.59. The Hall–Kier alpha value is -4.49. The quantitative estimate of drug-likeness (QED) is 0.176. The van der Waals surface area contributed by atoms with Crippen molar-refractivity contribution in [3.05, 3.63) is 141 Å². The number of halogens is 1. The summed E-state index contributed by atoms with van der Waals surface area (Å²) in [6.45, 7) is 0.955. The maximum absolute atomic E-state index is 13.2. The fourth-order valence-electron chi connectivity index (χ4n) is 4.72. The van der Waals surface area contributed by atoms with Crippen molar-refractivity contribution < 1.29 is 9.72 Å². The molecule has 190 valence electrons. The summed E-state index contributed by atoms with van der Waals surface area (Å²) in [5, 5.41) is 15.9. The smallest absolute Gasteiger partial charge is 0.270 e. The van der Waals surface area contributed by atoms with Crippen LogP contribution in [0.15, 0.2) is 104 Å². The molecule has 0 saturated heterocycles. The number of aromatic nitrogens is 2. The third-order valence-corrected chi connectivity index (χ3v) is 6.93. The standard InChI is InChI=1S/C30H25ClN4O3/c31-28-9-5-4-8-24(28)25(17-30(36)33-18-21-12-14-32-15-13-21)27-20-34(19-22-6-2-1-3-7-22)29-11-10-23(35(37)38)16-26(27)29/h1-16,20,25H,17-19H2,(H,33,36)/t25-/m0/s1. The number of non-ortho nitro benzene ring substituents is 1. The van der Waals surface area contributed by atoms with Gasteiger partial charge in [0.15, 0.2) is 0 Å². The Balaban J connectivity index is 1.57. The van der Waals surface area contributed by atoms with Gasteiger partial charge in [-0.25, -0.2) is 0 Å². The van der Waals surface area contributed by atoms with Gasteiger partial charge in [0, 0.05) is 72.1 Å². The zero-order valence-corrected chi connectivity index (χ0v) is 21.2. The van der Waals surface area contributed by atoms with Crippen molar-refractivity contribution in [1.29, 1.82) is 0 Å². The van der Waals surface area contributed by atoms with Crippen LogP contribution in [0, 0.1) is 10.1 Å². The predicted molar refractivity (Wildman–Crippen MR) is 148 cm³/mol. The monoisotopic (exact) mass is 524 g/mol. The number of nitro groups is 1. The Morgan fingerprint density at radius 2 is 1.68 bits per heavy atom. The number of amides is 1. The molecule has 0 aliphatic carbocycles. The van der Waals surface area contributed by atoms with Gasteiger partial charge in [-0.05, 0) is 46.5 Å². The molecule has 0 spiro atoms. The highest BCUT2D eigenvalue weighted by molar-refractivity contribution is 6.31. The van der Waals surface area contributed by atoms with Crippen molar-refractivity contribution in [3.63, 3.8) is 0 Å². The van der Waals surface area contributed by atoms with E-state index in [1.54, 1.807) is 30.6 Å². The number of nitrogens with zero attached hydrogens (tertiary/aromatic N) is 3. The average Bonchev–Trinajstić information content (AvgIpc) is 3.29. The molecule has 0 radical (unpaired) electrons. The van der Waals surface area contributed by atoms with E-state index in [9.17, 15) is 14.9 Å².